The third kappa shape index (κ3) is 3.81. The lowest BCUT2D eigenvalue weighted by atomic mass is 10.4. The lowest BCUT2D eigenvalue weighted by Gasteiger charge is -2.31. The fourth-order valence-corrected chi connectivity index (χ4v) is 9.13. The number of likely N-dealkylation sites (N-methyl/N-ethyl adjacent to an activating group) is 1. The number of sulfonamides is 1. The van der Waals surface area contributed by atoms with Crippen molar-refractivity contribution in [1.82, 2.24) is 9.21 Å². The highest BCUT2D eigenvalue weighted by molar-refractivity contribution is 7.96. The second kappa shape index (κ2) is 6.86. The van der Waals surface area contributed by atoms with Crippen LogP contribution in [0.25, 0.3) is 0 Å². The van der Waals surface area contributed by atoms with E-state index in [-0.39, 0.29) is 22.0 Å². The minimum Gasteiger partial charge on any atom is -0.304 e. The van der Waals surface area contributed by atoms with Crippen LogP contribution in [0.1, 0.15) is 6.42 Å². The quantitative estimate of drug-likeness (QED) is 0.648. The Morgan fingerprint density at radius 1 is 1.00 bits per heavy atom. The Morgan fingerprint density at radius 3 is 2.19 bits per heavy atom. The van der Waals surface area contributed by atoms with Gasteiger partial charge in [0.2, 0.25) is 10.0 Å². The zero-order chi connectivity index (χ0) is 19.2. The molecule has 0 radical (unpaired) electrons. The topological polar surface area (TPSA) is 109 Å². The van der Waals surface area contributed by atoms with Crippen molar-refractivity contribution in [3.63, 3.8) is 0 Å². The zero-order valence-corrected chi connectivity index (χ0v) is 16.9. The molecule has 26 heavy (non-hydrogen) atoms. The largest absolute Gasteiger partial charge is 0.304 e. The summed E-state index contributed by atoms with van der Waals surface area (Å²) in [6, 6.07) is 5.23. The lowest BCUT2D eigenvalue weighted by Crippen LogP contribution is -2.47. The Hall–Kier alpha value is -1.01. The van der Waals surface area contributed by atoms with Crippen LogP contribution in [0, 0.1) is 0 Å². The Bertz CT molecular complexity index is 994. The SMILES string of the molecule is CN1CCN(S(=O)(=O)c2cccc(S(=O)(=O)C3CCS(=O)(=O)C3)c2)CC1. The summed E-state index contributed by atoms with van der Waals surface area (Å²) in [6.07, 6.45) is 0.0418. The van der Waals surface area contributed by atoms with Gasteiger partial charge in [0.25, 0.3) is 0 Å². The fourth-order valence-electron chi connectivity index (χ4n) is 3.19. The summed E-state index contributed by atoms with van der Waals surface area (Å²) in [5.74, 6) is -0.568. The van der Waals surface area contributed by atoms with E-state index in [4.69, 9.17) is 0 Å². The Labute approximate surface area is 154 Å². The first-order valence-electron chi connectivity index (χ1n) is 8.25. The first-order valence-corrected chi connectivity index (χ1v) is 13.1. The normalized spacial score (nSPS) is 25.3. The summed E-state index contributed by atoms with van der Waals surface area (Å²) in [4.78, 5) is 1.80. The summed E-state index contributed by atoms with van der Waals surface area (Å²) < 4.78 is 75.7. The maximum Gasteiger partial charge on any atom is 0.243 e. The van der Waals surface area contributed by atoms with Crippen molar-refractivity contribution < 1.29 is 25.3 Å². The van der Waals surface area contributed by atoms with Crippen molar-refractivity contribution >= 4 is 29.7 Å². The van der Waals surface area contributed by atoms with Crippen LogP contribution >= 0.6 is 0 Å². The molecule has 1 atom stereocenters. The number of hydrogen-bond acceptors (Lipinski definition) is 7. The van der Waals surface area contributed by atoms with Crippen LogP contribution in [-0.2, 0) is 29.7 Å². The van der Waals surface area contributed by atoms with E-state index >= 15 is 0 Å². The molecule has 2 fully saturated rings. The Balaban J connectivity index is 1.91. The van der Waals surface area contributed by atoms with Crippen LogP contribution in [-0.4, -0.2) is 84.4 Å². The first-order chi connectivity index (χ1) is 12.0. The fraction of sp³-hybridized carbons (Fsp3) is 0.600. The molecule has 3 rings (SSSR count). The van der Waals surface area contributed by atoms with Crippen LogP contribution in [0.15, 0.2) is 34.1 Å². The van der Waals surface area contributed by atoms with E-state index in [2.05, 4.69) is 0 Å². The van der Waals surface area contributed by atoms with Crippen molar-refractivity contribution in [2.75, 3.05) is 44.7 Å². The van der Waals surface area contributed by atoms with Gasteiger partial charge < -0.3 is 4.90 Å². The lowest BCUT2D eigenvalue weighted by molar-refractivity contribution is 0.222. The molecule has 1 unspecified atom stereocenters. The van der Waals surface area contributed by atoms with Gasteiger partial charge in [-0.2, -0.15) is 4.31 Å². The van der Waals surface area contributed by atoms with E-state index in [0.717, 1.165) is 6.07 Å². The summed E-state index contributed by atoms with van der Waals surface area (Å²) in [5.41, 5.74) is 0. The Kier molecular flexibility index (Phi) is 5.21. The van der Waals surface area contributed by atoms with E-state index in [1.807, 2.05) is 11.9 Å². The molecule has 146 valence electrons. The molecular formula is C15H22N2O6S3. The van der Waals surface area contributed by atoms with Crippen LogP contribution in [0.2, 0.25) is 0 Å². The smallest absolute Gasteiger partial charge is 0.243 e. The molecule has 0 aliphatic carbocycles. The average Bonchev–Trinajstić information content (AvgIpc) is 2.96. The average molecular weight is 423 g/mol. The summed E-state index contributed by atoms with van der Waals surface area (Å²) in [6.45, 7) is 1.90. The third-order valence-electron chi connectivity index (χ3n) is 4.86. The molecule has 2 saturated heterocycles. The summed E-state index contributed by atoms with van der Waals surface area (Å²) in [5, 5.41) is -1.02. The highest BCUT2D eigenvalue weighted by atomic mass is 32.2. The van der Waals surface area contributed by atoms with E-state index < -0.39 is 40.7 Å². The van der Waals surface area contributed by atoms with Gasteiger partial charge >= 0.3 is 0 Å². The van der Waals surface area contributed by atoms with E-state index in [1.54, 1.807) is 0 Å². The number of piperazine rings is 1. The van der Waals surface area contributed by atoms with Crippen molar-refractivity contribution in [1.29, 1.82) is 0 Å². The molecule has 0 saturated carbocycles. The molecular weight excluding hydrogens is 400 g/mol. The van der Waals surface area contributed by atoms with E-state index in [1.165, 1.54) is 22.5 Å². The number of nitrogens with zero attached hydrogens (tertiary/aromatic N) is 2. The highest BCUT2D eigenvalue weighted by Crippen LogP contribution is 2.27. The molecule has 2 aliphatic rings. The van der Waals surface area contributed by atoms with E-state index in [9.17, 15) is 25.3 Å². The van der Waals surface area contributed by atoms with Crippen molar-refractivity contribution in [2.24, 2.45) is 0 Å². The van der Waals surface area contributed by atoms with Crippen molar-refractivity contribution in [2.45, 2.75) is 21.5 Å². The maximum atomic E-state index is 12.8. The minimum atomic E-state index is -3.90. The zero-order valence-electron chi connectivity index (χ0n) is 14.4. The summed E-state index contributed by atoms with van der Waals surface area (Å²) >= 11 is 0. The van der Waals surface area contributed by atoms with Gasteiger partial charge in [-0.1, -0.05) is 6.07 Å². The summed E-state index contributed by atoms with van der Waals surface area (Å²) in [7, 11) is -9.14. The molecule has 0 aromatic heterocycles. The monoisotopic (exact) mass is 422 g/mol. The predicted octanol–water partition coefficient (Wildman–Crippen LogP) is -0.416. The molecule has 0 N–H and O–H groups in total. The predicted molar refractivity (Wildman–Crippen MR) is 96.9 cm³/mol. The Morgan fingerprint density at radius 2 is 1.62 bits per heavy atom. The first kappa shape index (κ1) is 19.7. The number of benzene rings is 1. The van der Waals surface area contributed by atoms with Gasteiger partial charge in [-0.25, -0.2) is 25.3 Å². The van der Waals surface area contributed by atoms with Crippen LogP contribution in [0.3, 0.4) is 0 Å². The van der Waals surface area contributed by atoms with Crippen LogP contribution in [0.5, 0.6) is 0 Å². The molecule has 0 bridgehead atoms. The number of rotatable bonds is 4. The molecule has 1 aromatic carbocycles. The maximum absolute atomic E-state index is 12.8. The van der Waals surface area contributed by atoms with Crippen molar-refractivity contribution in [3.05, 3.63) is 24.3 Å². The van der Waals surface area contributed by atoms with Gasteiger partial charge in [-0.3, -0.25) is 0 Å². The molecule has 8 nitrogen and oxygen atoms in total. The number of sulfone groups is 2. The van der Waals surface area contributed by atoms with Gasteiger partial charge in [0.1, 0.15) is 0 Å². The van der Waals surface area contributed by atoms with E-state index in [0.29, 0.717) is 26.2 Å². The molecule has 11 heteroatoms. The molecule has 0 spiro atoms. The highest BCUT2D eigenvalue weighted by Gasteiger charge is 2.38. The van der Waals surface area contributed by atoms with Gasteiger partial charge in [0.05, 0.1) is 26.5 Å². The van der Waals surface area contributed by atoms with Crippen LogP contribution in [0.4, 0.5) is 0 Å². The van der Waals surface area contributed by atoms with Gasteiger partial charge in [0.15, 0.2) is 19.7 Å². The van der Waals surface area contributed by atoms with Gasteiger partial charge in [-0.05, 0) is 31.7 Å². The van der Waals surface area contributed by atoms with Crippen LogP contribution < -0.4 is 0 Å². The van der Waals surface area contributed by atoms with Gasteiger partial charge in [-0.15, -0.1) is 0 Å². The molecule has 2 heterocycles. The number of hydrogen-bond donors (Lipinski definition) is 0. The van der Waals surface area contributed by atoms with Gasteiger partial charge in [0, 0.05) is 26.2 Å². The second-order valence-corrected chi connectivity index (χ2v) is 13.1. The minimum absolute atomic E-state index is 0.0418. The molecule has 2 aliphatic heterocycles. The second-order valence-electron chi connectivity index (χ2n) is 6.75. The molecule has 1 aromatic rings. The molecule has 0 amide bonds. The standard InChI is InChI=1S/C15H22N2O6S3/c1-16-6-8-17(9-7-16)26(22,23)14-4-2-3-13(11-14)25(20,21)15-5-10-24(18,19)12-15/h2-4,11,15H,5-10,12H2,1H3. The third-order valence-corrected chi connectivity index (χ3v) is 10.9. The van der Waals surface area contributed by atoms with Crippen molar-refractivity contribution in [3.8, 4) is 0 Å².